The molecule has 4 rings (SSSR count). The molecule has 188 valence electrons. The van der Waals surface area contributed by atoms with Gasteiger partial charge in [-0.15, -0.1) is 0 Å². The molecule has 1 heterocycles. The van der Waals surface area contributed by atoms with E-state index >= 15 is 0 Å². The number of likely N-dealkylation sites (tertiary alicyclic amines) is 1. The van der Waals surface area contributed by atoms with Crippen molar-refractivity contribution in [2.75, 3.05) is 45.7 Å². The Morgan fingerprint density at radius 3 is 2.43 bits per heavy atom. The van der Waals surface area contributed by atoms with Crippen LogP contribution in [0.3, 0.4) is 0 Å². The third kappa shape index (κ3) is 5.81. The second kappa shape index (κ2) is 11.0. The van der Waals surface area contributed by atoms with E-state index in [4.69, 9.17) is 11.6 Å². The molecular formula is C28H36ClN3O3. The van der Waals surface area contributed by atoms with E-state index in [1.165, 1.54) is 17.7 Å². The van der Waals surface area contributed by atoms with Crippen LogP contribution in [0.15, 0.2) is 48.5 Å². The topological polar surface area (TPSA) is 72.9 Å². The van der Waals surface area contributed by atoms with Gasteiger partial charge >= 0.3 is 0 Å². The van der Waals surface area contributed by atoms with Crippen LogP contribution in [0.2, 0.25) is 5.02 Å². The van der Waals surface area contributed by atoms with Gasteiger partial charge < -0.3 is 20.2 Å². The van der Waals surface area contributed by atoms with Crippen LogP contribution in [0.5, 0.6) is 0 Å². The van der Waals surface area contributed by atoms with Crippen molar-refractivity contribution in [1.82, 2.24) is 9.80 Å². The maximum Gasteiger partial charge on any atom is 0.254 e. The first kappa shape index (κ1) is 25.5. The van der Waals surface area contributed by atoms with Crippen LogP contribution < -0.4 is 5.32 Å². The molecule has 35 heavy (non-hydrogen) atoms. The van der Waals surface area contributed by atoms with Crippen LogP contribution in [-0.4, -0.2) is 67.1 Å². The van der Waals surface area contributed by atoms with Crippen molar-refractivity contribution in [3.05, 3.63) is 64.7 Å². The molecule has 1 aliphatic heterocycles. The predicted octanol–water partition coefficient (Wildman–Crippen LogP) is 4.64. The average molecular weight is 498 g/mol. The molecule has 1 atom stereocenters. The summed E-state index contributed by atoms with van der Waals surface area (Å²) in [5, 5.41) is 13.7. The SMILES string of the molecule is CN(C)C(=O)c1ccc(NCCC2CC3(CCN(C(=O)C(CO)c4ccccc4)CC3)C2)cc1Cl. The van der Waals surface area contributed by atoms with Crippen LogP contribution in [0, 0.1) is 11.3 Å². The third-order valence-corrected chi connectivity index (χ3v) is 8.06. The zero-order valence-electron chi connectivity index (χ0n) is 20.7. The summed E-state index contributed by atoms with van der Waals surface area (Å²) in [6, 6.07) is 15.1. The van der Waals surface area contributed by atoms with E-state index in [1.807, 2.05) is 47.4 Å². The predicted molar refractivity (Wildman–Crippen MR) is 140 cm³/mol. The number of amides is 2. The summed E-state index contributed by atoms with van der Waals surface area (Å²) in [7, 11) is 3.43. The minimum Gasteiger partial charge on any atom is -0.395 e. The van der Waals surface area contributed by atoms with Crippen molar-refractivity contribution in [3.8, 4) is 0 Å². The van der Waals surface area contributed by atoms with Crippen molar-refractivity contribution >= 4 is 29.1 Å². The molecule has 0 aromatic heterocycles. The molecule has 1 spiro atoms. The zero-order chi connectivity index (χ0) is 25.0. The van der Waals surface area contributed by atoms with Gasteiger partial charge in [0.2, 0.25) is 5.91 Å². The lowest BCUT2D eigenvalue weighted by atomic mass is 9.57. The highest BCUT2D eigenvalue weighted by atomic mass is 35.5. The summed E-state index contributed by atoms with van der Waals surface area (Å²) in [4.78, 5) is 28.6. The lowest BCUT2D eigenvalue weighted by Crippen LogP contribution is -2.50. The first-order chi connectivity index (χ1) is 16.8. The summed E-state index contributed by atoms with van der Waals surface area (Å²) in [6.45, 7) is 2.28. The summed E-state index contributed by atoms with van der Waals surface area (Å²) >= 11 is 6.31. The van der Waals surface area contributed by atoms with E-state index in [0.29, 0.717) is 21.9 Å². The molecule has 1 saturated heterocycles. The van der Waals surface area contributed by atoms with E-state index < -0.39 is 5.92 Å². The van der Waals surface area contributed by atoms with Crippen molar-refractivity contribution in [3.63, 3.8) is 0 Å². The lowest BCUT2D eigenvalue weighted by molar-refractivity contribution is -0.138. The van der Waals surface area contributed by atoms with Crippen LogP contribution in [-0.2, 0) is 4.79 Å². The molecule has 0 radical (unpaired) electrons. The zero-order valence-corrected chi connectivity index (χ0v) is 21.4. The fraction of sp³-hybridized carbons (Fsp3) is 0.500. The van der Waals surface area contributed by atoms with Gasteiger partial charge in [-0.3, -0.25) is 9.59 Å². The van der Waals surface area contributed by atoms with Gasteiger partial charge in [-0.25, -0.2) is 0 Å². The van der Waals surface area contributed by atoms with Crippen LogP contribution in [0.25, 0.3) is 0 Å². The Bertz CT molecular complexity index is 1030. The number of carbonyl (C=O) groups excluding carboxylic acids is 2. The molecular weight excluding hydrogens is 462 g/mol. The van der Waals surface area contributed by atoms with Crippen molar-refractivity contribution < 1.29 is 14.7 Å². The van der Waals surface area contributed by atoms with Gasteiger partial charge in [0.25, 0.3) is 5.91 Å². The van der Waals surface area contributed by atoms with Crippen LogP contribution >= 0.6 is 11.6 Å². The van der Waals surface area contributed by atoms with Crippen molar-refractivity contribution in [1.29, 1.82) is 0 Å². The van der Waals surface area contributed by atoms with E-state index in [1.54, 1.807) is 20.2 Å². The molecule has 6 nitrogen and oxygen atoms in total. The third-order valence-electron chi connectivity index (χ3n) is 7.75. The first-order valence-electron chi connectivity index (χ1n) is 12.5. The first-order valence-corrected chi connectivity index (χ1v) is 12.9. The highest BCUT2D eigenvalue weighted by molar-refractivity contribution is 6.34. The van der Waals surface area contributed by atoms with Gasteiger partial charge in [-0.2, -0.15) is 0 Å². The monoisotopic (exact) mass is 497 g/mol. The second-order valence-electron chi connectivity index (χ2n) is 10.4. The standard InChI is InChI=1S/C28H36ClN3O3/c1-31(2)26(34)23-9-8-22(16-25(23)29)30-13-10-20-17-28(18-20)11-14-32(15-12-28)27(35)24(19-33)21-6-4-3-5-7-21/h3-9,16,20,24,30,33H,10-15,17-19H2,1-2H3. The number of piperidine rings is 1. The van der Waals surface area contributed by atoms with E-state index in [9.17, 15) is 14.7 Å². The van der Waals surface area contributed by atoms with Gasteiger partial charge in [0.15, 0.2) is 0 Å². The molecule has 7 heteroatoms. The maximum atomic E-state index is 13.0. The molecule has 2 aromatic carbocycles. The van der Waals surface area contributed by atoms with Gasteiger partial charge in [-0.1, -0.05) is 41.9 Å². The Morgan fingerprint density at radius 1 is 1.14 bits per heavy atom. The molecule has 2 N–H and O–H groups in total. The minimum atomic E-state index is -0.464. The van der Waals surface area contributed by atoms with Crippen LogP contribution in [0.4, 0.5) is 5.69 Å². The number of rotatable bonds is 8. The number of anilines is 1. The average Bonchev–Trinajstić information content (AvgIpc) is 2.84. The van der Waals surface area contributed by atoms with E-state index in [0.717, 1.165) is 50.1 Å². The number of aliphatic hydroxyl groups is 1. The van der Waals surface area contributed by atoms with Gasteiger partial charge in [0, 0.05) is 39.4 Å². The molecule has 2 amide bonds. The molecule has 1 unspecified atom stereocenters. The molecule has 2 aliphatic rings. The molecule has 2 fully saturated rings. The fourth-order valence-electron chi connectivity index (χ4n) is 5.67. The van der Waals surface area contributed by atoms with Crippen LogP contribution in [0.1, 0.15) is 53.9 Å². The summed E-state index contributed by atoms with van der Waals surface area (Å²) < 4.78 is 0. The number of nitrogens with one attached hydrogen (secondary N) is 1. The van der Waals surface area contributed by atoms with E-state index in [2.05, 4.69) is 5.32 Å². The number of nitrogens with zero attached hydrogens (tertiary/aromatic N) is 2. The number of hydrogen-bond acceptors (Lipinski definition) is 4. The Morgan fingerprint density at radius 2 is 1.83 bits per heavy atom. The van der Waals surface area contributed by atoms with E-state index in [-0.39, 0.29) is 18.4 Å². The number of carbonyl (C=O) groups is 2. The lowest BCUT2D eigenvalue weighted by Gasteiger charge is -2.52. The molecule has 1 saturated carbocycles. The smallest absolute Gasteiger partial charge is 0.254 e. The quantitative estimate of drug-likeness (QED) is 0.557. The number of benzene rings is 2. The summed E-state index contributed by atoms with van der Waals surface area (Å²) in [5.74, 6) is 0.185. The number of halogens is 1. The minimum absolute atomic E-state index is 0.0468. The highest BCUT2D eigenvalue weighted by Gasteiger charge is 2.46. The largest absolute Gasteiger partial charge is 0.395 e. The maximum absolute atomic E-state index is 13.0. The summed E-state index contributed by atoms with van der Waals surface area (Å²) in [6.07, 6.45) is 5.63. The van der Waals surface area contributed by atoms with Crippen molar-refractivity contribution in [2.24, 2.45) is 11.3 Å². The molecule has 0 bridgehead atoms. The Hall–Kier alpha value is -2.57. The van der Waals surface area contributed by atoms with Gasteiger partial charge in [-0.05, 0) is 67.2 Å². The Balaban J connectivity index is 1.20. The Kier molecular flexibility index (Phi) is 8.02. The number of aliphatic hydroxyl groups excluding tert-OH is 1. The molecule has 2 aromatic rings. The van der Waals surface area contributed by atoms with Gasteiger partial charge in [0.05, 0.1) is 23.1 Å². The highest BCUT2D eigenvalue weighted by Crippen LogP contribution is 2.53. The molecule has 1 aliphatic carbocycles. The van der Waals surface area contributed by atoms with Crippen molar-refractivity contribution in [2.45, 2.75) is 38.0 Å². The van der Waals surface area contributed by atoms with Gasteiger partial charge in [0.1, 0.15) is 0 Å². The summed E-state index contributed by atoms with van der Waals surface area (Å²) in [5.41, 5.74) is 2.71. The number of hydrogen-bond donors (Lipinski definition) is 2. The normalized spacial score (nSPS) is 18.1. The second-order valence-corrected chi connectivity index (χ2v) is 10.8. The Labute approximate surface area is 213 Å². The fourth-order valence-corrected chi connectivity index (χ4v) is 5.93.